The molecule has 104 valence electrons. The standard InChI is InChI=1S/C15H20FNO2/c16-13-5-6-14-15(19-9-3-8-18-14)12(13)10-11-4-1-2-7-17-11/h5-6,11,17H,1-4,7-10H2. The van der Waals surface area contributed by atoms with Gasteiger partial charge in [-0.15, -0.1) is 0 Å². The molecule has 4 heteroatoms. The van der Waals surface area contributed by atoms with Gasteiger partial charge >= 0.3 is 0 Å². The average Bonchev–Trinajstić information content (AvgIpc) is 2.69. The van der Waals surface area contributed by atoms with E-state index in [-0.39, 0.29) is 5.82 Å². The fourth-order valence-corrected chi connectivity index (χ4v) is 2.80. The first kappa shape index (κ1) is 12.7. The summed E-state index contributed by atoms with van der Waals surface area (Å²) in [4.78, 5) is 0. The molecule has 0 amide bonds. The van der Waals surface area contributed by atoms with Gasteiger partial charge in [0, 0.05) is 18.0 Å². The zero-order valence-electron chi connectivity index (χ0n) is 11.1. The first-order valence-corrected chi connectivity index (χ1v) is 7.15. The Labute approximate surface area is 113 Å². The molecule has 2 aliphatic rings. The fraction of sp³-hybridized carbons (Fsp3) is 0.600. The maximum atomic E-state index is 14.1. The van der Waals surface area contributed by atoms with Gasteiger partial charge in [-0.3, -0.25) is 0 Å². The highest BCUT2D eigenvalue weighted by molar-refractivity contribution is 5.48. The minimum Gasteiger partial charge on any atom is -0.490 e. The third kappa shape index (κ3) is 2.84. The van der Waals surface area contributed by atoms with Crippen molar-refractivity contribution in [1.82, 2.24) is 5.32 Å². The molecule has 1 aromatic rings. The summed E-state index contributed by atoms with van der Waals surface area (Å²) in [5.74, 6) is 1.12. The maximum Gasteiger partial charge on any atom is 0.167 e. The Hall–Kier alpha value is -1.29. The number of nitrogens with one attached hydrogen (secondary N) is 1. The smallest absolute Gasteiger partial charge is 0.167 e. The largest absolute Gasteiger partial charge is 0.490 e. The number of benzene rings is 1. The SMILES string of the molecule is Fc1ccc2c(c1CC1CCCCN1)OCCCO2. The molecular formula is C15H20FNO2. The van der Waals surface area contributed by atoms with E-state index in [1.54, 1.807) is 6.07 Å². The van der Waals surface area contributed by atoms with Gasteiger partial charge < -0.3 is 14.8 Å². The number of ether oxygens (including phenoxy) is 2. The Morgan fingerprint density at radius 3 is 2.89 bits per heavy atom. The molecule has 0 radical (unpaired) electrons. The van der Waals surface area contributed by atoms with E-state index in [1.165, 1.54) is 18.9 Å². The second kappa shape index (κ2) is 5.78. The molecule has 1 unspecified atom stereocenters. The van der Waals surface area contributed by atoms with E-state index in [2.05, 4.69) is 5.32 Å². The van der Waals surface area contributed by atoms with Crippen LogP contribution < -0.4 is 14.8 Å². The Kier molecular flexibility index (Phi) is 3.87. The number of hydrogen-bond donors (Lipinski definition) is 1. The van der Waals surface area contributed by atoms with Crippen molar-refractivity contribution in [3.8, 4) is 11.5 Å². The van der Waals surface area contributed by atoms with Crippen LogP contribution in [0, 0.1) is 5.82 Å². The first-order valence-electron chi connectivity index (χ1n) is 7.15. The number of hydrogen-bond acceptors (Lipinski definition) is 3. The van der Waals surface area contributed by atoms with Crippen LogP contribution in [0.4, 0.5) is 4.39 Å². The summed E-state index contributed by atoms with van der Waals surface area (Å²) in [7, 11) is 0. The van der Waals surface area contributed by atoms with Crippen LogP contribution in [0.15, 0.2) is 12.1 Å². The second-order valence-electron chi connectivity index (χ2n) is 5.25. The predicted octanol–water partition coefficient (Wildman–Crippen LogP) is 2.67. The average molecular weight is 265 g/mol. The van der Waals surface area contributed by atoms with E-state index in [9.17, 15) is 4.39 Å². The van der Waals surface area contributed by atoms with Crippen molar-refractivity contribution in [2.75, 3.05) is 19.8 Å². The van der Waals surface area contributed by atoms with Crippen LogP contribution in [-0.2, 0) is 6.42 Å². The molecule has 3 rings (SSSR count). The molecule has 1 atom stereocenters. The zero-order valence-corrected chi connectivity index (χ0v) is 11.1. The predicted molar refractivity (Wildman–Crippen MR) is 71.4 cm³/mol. The molecule has 2 heterocycles. The molecule has 0 saturated carbocycles. The summed E-state index contributed by atoms with van der Waals surface area (Å²) in [6.45, 7) is 2.26. The van der Waals surface area contributed by atoms with Crippen LogP contribution >= 0.6 is 0 Å². The topological polar surface area (TPSA) is 30.5 Å². The van der Waals surface area contributed by atoms with Gasteiger partial charge in [-0.25, -0.2) is 4.39 Å². The summed E-state index contributed by atoms with van der Waals surface area (Å²) < 4.78 is 25.4. The van der Waals surface area contributed by atoms with Crippen molar-refractivity contribution in [1.29, 1.82) is 0 Å². The lowest BCUT2D eigenvalue weighted by atomic mass is 9.96. The van der Waals surface area contributed by atoms with Crippen molar-refractivity contribution in [2.45, 2.75) is 38.1 Å². The molecule has 1 aromatic carbocycles. The van der Waals surface area contributed by atoms with Crippen molar-refractivity contribution < 1.29 is 13.9 Å². The molecule has 1 N–H and O–H groups in total. The molecular weight excluding hydrogens is 245 g/mol. The van der Waals surface area contributed by atoms with Gasteiger partial charge in [0.2, 0.25) is 0 Å². The molecule has 1 fully saturated rings. The summed E-state index contributed by atoms with van der Waals surface area (Å²) >= 11 is 0. The maximum absolute atomic E-state index is 14.1. The van der Waals surface area contributed by atoms with Gasteiger partial charge in [-0.2, -0.15) is 0 Å². The molecule has 1 saturated heterocycles. The third-order valence-corrected chi connectivity index (χ3v) is 3.82. The first-order chi connectivity index (χ1) is 9.34. The van der Waals surface area contributed by atoms with E-state index in [0.717, 1.165) is 19.4 Å². The van der Waals surface area contributed by atoms with Gasteiger partial charge in [0.1, 0.15) is 5.82 Å². The van der Waals surface area contributed by atoms with Gasteiger partial charge in [-0.05, 0) is 37.9 Å². The number of halogens is 1. The van der Waals surface area contributed by atoms with Crippen LogP contribution in [0.2, 0.25) is 0 Å². The van der Waals surface area contributed by atoms with E-state index >= 15 is 0 Å². The second-order valence-corrected chi connectivity index (χ2v) is 5.25. The van der Waals surface area contributed by atoms with E-state index in [4.69, 9.17) is 9.47 Å². The zero-order chi connectivity index (χ0) is 13.1. The number of piperidine rings is 1. The summed E-state index contributed by atoms with van der Waals surface area (Å²) in [5, 5.41) is 3.45. The quantitative estimate of drug-likeness (QED) is 0.891. The summed E-state index contributed by atoms with van der Waals surface area (Å²) in [6, 6.07) is 3.51. The van der Waals surface area contributed by atoms with Gasteiger partial charge in [0.05, 0.1) is 13.2 Å². The molecule has 19 heavy (non-hydrogen) atoms. The highest BCUT2D eigenvalue weighted by Gasteiger charge is 2.22. The summed E-state index contributed by atoms with van der Waals surface area (Å²) in [5.41, 5.74) is 0.666. The molecule has 3 nitrogen and oxygen atoms in total. The summed E-state index contributed by atoms with van der Waals surface area (Å²) in [6.07, 6.45) is 5.05. The normalized spacial score (nSPS) is 22.9. The lowest BCUT2D eigenvalue weighted by molar-refractivity contribution is 0.294. The molecule has 0 aliphatic carbocycles. The van der Waals surface area contributed by atoms with Crippen molar-refractivity contribution in [3.05, 3.63) is 23.5 Å². The van der Waals surface area contributed by atoms with Crippen LogP contribution in [0.1, 0.15) is 31.2 Å². The molecule has 0 bridgehead atoms. The van der Waals surface area contributed by atoms with Crippen molar-refractivity contribution in [2.24, 2.45) is 0 Å². The van der Waals surface area contributed by atoms with Gasteiger partial charge in [0.25, 0.3) is 0 Å². The number of rotatable bonds is 2. The van der Waals surface area contributed by atoms with E-state index in [0.29, 0.717) is 42.7 Å². The molecule has 2 aliphatic heterocycles. The van der Waals surface area contributed by atoms with Crippen LogP contribution in [0.5, 0.6) is 11.5 Å². The highest BCUT2D eigenvalue weighted by atomic mass is 19.1. The van der Waals surface area contributed by atoms with Crippen LogP contribution in [-0.4, -0.2) is 25.8 Å². The van der Waals surface area contributed by atoms with Crippen molar-refractivity contribution in [3.63, 3.8) is 0 Å². The Balaban J connectivity index is 1.86. The minimum atomic E-state index is -0.184. The minimum absolute atomic E-state index is 0.184. The highest BCUT2D eigenvalue weighted by Crippen LogP contribution is 2.36. The Morgan fingerprint density at radius 1 is 1.16 bits per heavy atom. The Morgan fingerprint density at radius 2 is 2.05 bits per heavy atom. The van der Waals surface area contributed by atoms with Gasteiger partial charge in [0.15, 0.2) is 11.5 Å². The fourth-order valence-electron chi connectivity index (χ4n) is 2.80. The van der Waals surface area contributed by atoms with Crippen LogP contribution in [0.25, 0.3) is 0 Å². The third-order valence-electron chi connectivity index (χ3n) is 3.82. The lowest BCUT2D eigenvalue weighted by Gasteiger charge is -2.24. The van der Waals surface area contributed by atoms with E-state index in [1.807, 2.05) is 0 Å². The molecule has 0 aromatic heterocycles. The van der Waals surface area contributed by atoms with Crippen LogP contribution in [0.3, 0.4) is 0 Å². The van der Waals surface area contributed by atoms with E-state index < -0.39 is 0 Å². The molecule has 0 spiro atoms. The number of fused-ring (bicyclic) bond motifs is 1. The monoisotopic (exact) mass is 265 g/mol. The Bertz CT molecular complexity index is 444. The lowest BCUT2D eigenvalue weighted by Crippen LogP contribution is -2.35. The van der Waals surface area contributed by atoms with Gasteiger partial charge in [-0.1, -0.05) is 6.42 Å². The van der Waals surface area contributed by atoms with Crippen molar-refractivity contribution >= 4 is 0 Å².